The van der Waals surface area contributed by atoms with Crippen molar-refractivity contribution in [3.63, 3.8) is 0 Å². The summed E-state index contributed by atoms with van der Waals surface area (Å²) in [5.41, 5.74) is 1.13. The molecule has 2 rings (SSSR count). The minimum absolute atomic E-state index is 0.0139. The van der Waals surface area contributed by atoms with Crippen LogP contribution in [0.15, 0.2) is 29.4 Å². The highest BCUT2D eigenvalue weighted by Crippen LogP contribution is 2.33. The molecule has 0 aliphatic rings. The summed E-state index contributed by atoms with van der Waals surface area (Å²) in [5, 5.41) is 13.9. The maximum atomic E-state index is 12.0. The first-order valence-corrected chi connectivity index (χ1v) is 7.39. The second-order valence-electron chi connectivity index (χ2n) is 4.33. The van der Waals surface area contributed by atoms with Crippen LogP contribution in [0.4, 0.5) is 5.69 Å². The van der Waals surface area contributed by atoms with E-state index in [1.807, 2.05) is 0 Å². The van der Waals surface area contributed by atoms with Gasteiger partial charge in [0.2, 0.25) is 10.0 Å². The van der Waals surface area contributed by atoms with E-state index in [1.165, 1.54) is 25.6 Å². The predicted octanol–water partition coefficient (Wildman–Crippen LogP) is 0.626. The Morgan fingerprint density at radius 3 is 2.67 bits per heavy atom. The van der Waals surface area contributed by atoms with E-state index >= 15 is 0 Å². The first-order chi connectivity index (χ1) is 9.82. The second-order valence-corrected chi connectivity index (χ2v) is 5.86. The van der Waals surface area contributed by atoms with E-state index < -0.39 is 15.9 Å². The molecule has 0 atom stereocenters. The fourth-order valence-electron chi connectivity index (χ4n) is 1.82. The summed E-state index contributed by atoms with van der Waals surface area (Å²) in [5.74, 6) is -0.465. The number of nitrogens with one attached hydrogen (secondary N) is 2. The van der Waals surface area contributed by atoms with Gasteiger partial charge in [0.25, 0.3) is 5.91 Å². The van der Waals surface area contributed by atoms with Gasteiger partial charge in [-0.2, -0.15) is 5.10 Å². The van der Waals surface area contributed by atoms with E-state index in [1.54, 1.807) is 13.0 Å². The number of rotatable bonds is 4. The molecule has 9 heteroatoms. The molecule has 0 fully saturated rings. The standard InChI is InChI=1S/C12H14N4O4S/c1-7-3-9(16-12(17)8-5-14-15-6-8)11(20-2)10(4-7)21(13,18)19/h3-6H,1-2H3,(H,14,15)(H,16,17)(H2,13,18,19). The highest BCUT2D eigenvalue weighted by Gasteiger charge is 2.21. The number of aryl methyl sites for hydroxylation is 1. The van der Waals surface area contributed by atoms with Gasteiger partial charge in [0.05, 0.1) is 24.6 Å². The number of H-pyrrole nitrogens is 1. The lowest BCUT2D eigenvalue weighted by Crippen LogP contribution is -2.17. The number of primary sulfonamides is 1. The summed E-state index contributed by atoms with van der Waals surface area (Å²) in [4.78, 5) is 11.8. The lowest BCUT2D eigenvalue weighted by atomic mass is 10.2. The van der Waals surface area contributed by atoms with Gasteiger partial charge in [-0.1, -0.05) is 0 Å². The number of aromatic amines is 1. The van der Waals surface area contributed by atoms with Crippen LogP contribution in [0.5, 0.6) is 5.75 Å². The van der Waals surface area contributed by atoms with Crippen molar-refractivity contribution in [2.24, 2.45) is 5.14 Å². The van der Waals surface area contributed by atoms with Crippen molar-refractivity contribution in [1.82, 2.24) is 10.2 Å². The summed E-state index contributed by atoms with van der Waals surface area (Å²) in [7, 11) is -2.68. The second kappa shape index (κ2) is 5.54. The van der Waals surface area contributed by atoms with Crippen LogP contribution in [-0.4, -0.2) is 31.6 Å². The smallest absolute Gasteiger partial charge is 0.258 e. The molecule has 0 radical (unpaired) electrons. The van der Waals surface area contributed by atoms with Gasteiger partial charge >= 0.3 is 0 Å². The largest absolute Gasteiger partial charge is 0.493 e. The van der Waals surface area contributed by atoms with Crippen LogP contribution in [0.25, 0.3) is 0 Å². The first kappa shape index (κ1) is 15.0. The zero-order chi connectivity index (χ0) is 15.6. The fraction of sp³-hybridized carbons (Fsp3) is 0.167. The van der Waals surface area contributed by atoms with Crippen LogP contribution in [0.3, 0.4) is 0 Å². The Morgan fingerprint density at radius 1 is 1.43 bits per heavy atom. The zero-order valence-electron chi connectivity index (χ0n) is 11.4. The van der Waals surface area contributed by atoms with Crippen molar-refractivity contribution in [3.8, 4) is 5.75 Å². The molecule has 0 unspecified atom stereocenters. The number of benzene rings is 1. The van der Waals surface area contributed by atoms with Crippen LogP contribution in [0.1, 0.15) is 15.9 Å². The van der Waals surface area contributed by atoms with Gasteiger partial charge in [0.1, 0.15) is 4.90 Å². The lowest BCUT2D eigenvalue weighted by molar-refractivity contribution is 0.102. The number of amides is 1. The summed E-state index contributed by atoms with van der Waals surface area (Å²) < 4.78 is 28.3. The number of methoxy groups -OCH3 is 1. The Kier molecular flexibility index (Phi) is 3.96. The highest BCUT2D eigenvalue weighted by molar-refractivity contribution is 7.89. The number of hydrogen-bond donors (Lipinski definition) is 3. The highest BCUT2D eigenvalue weighted by atomic mass is 32.2. The summed E-state index contributed by atoms with van der Waals surface area (Å²) in [6, 6.07) is 2.97. The quantitative estimate of drug-likeness (QED) is 0.763. The van der Waals surface area contributed by atoms with Crippen LogP contribution in [-0.2, 0) is 10.0 Å². The maximum absolute atomic E-state index is 12.0. The Hall–Kier alpha value is -2.39. The summed E-state index contributed by atoms with van der Waals surface area (Å²) in [6.07, 6.45) is 2.76. The number of anilines is 1. The molecule has 0 saturated carbocycles. The van der Waals surface area contributed by atoms with Crippen LogP contribution >= 0.6 is 0 Å². The molecule has 0 aliphatic heterocycles. The Bertz CT molecular complexity index is 769. The van der Waals surface area contributed by atoms with E-state index in [0.717, 1.165) is 0 Å². The van der Waals surface area contributed by atoms with E-state index in [4.69, 9.17) is 9.88 Å². The molecule has 0 spiro atoms. The van der Waals surface area contributed by atoms with Gasteiger partial charge in [-0.15, -0.1) is 0 Å². The van der Waals surface area contributed by atoms with Crippen LogP contribution in [0.2, 0.25) is 0 Å². The zero-order valence-corrected chi connectivity index (χ0v) is 12.2. The minimum atomic E-state index is -3.97. The third kappa shape index (κ3) is 3.20. The molecule has 1 amide bonds. The Morgan fingerprint density at radius 2 is 2.14 bits per heavy atom. The maximum Gasteiger partial charge on any atom is 0.258 e. The number of nitrogens with two attached hydrogens (primary N) is 1. The molecule has 21 heavy (non-hydrogen) atoms. The van der Waals surface area contributed by atoms with Gasteiger partial charge in [-0.25, -0.2) is 13.6 Å². The average molecular weight is 310 g/mol. The van der Waals surface area contributed by atoms with Gasteiger partial charge in [-0.05, 0) is 24.6 Å². The molecule has 4 N–H and O–H groups in total. The molecular weight excluding hydrogens is 296 g/mol. The number of carbonyl (C=O) groups excluding carboxylic acids is 1. The SMILES string of the molecule is COc1c(NC(=O)c2cn[nH]c2)cc(C)cc1S(N)(=O)=O. The van der Waals surface area contributed by atoms with Crippen molar-refractivity contribution >= 4 is 21.6 Å². The Balaban J connectivity index is 2.49. The molecule has 8 nitrogen and oxygen atoms in total. The molecule has 1 aromatic heterocycles. The topological polar surface area (TPSA) is 127 Å². The summed E-state index contributed by atoms with van der Waals surface area (Å²) in [6.45, 7) is 1.68. The number of aromatic nitrogens is 2. The molecule has 1 heterocycles. The van der Waals surface area contributed by atoms with Crippen molar-refractivity contribution in [3.05, 3.63) is 35.7 Å². The van der Waals surface area contributed by atoms with Gasteiger partial charge in [-0.3, -0.25) is 9.89 Å². The molecule has 0 saturated heterocycles. The molecule has 0 bridgehead atoms. The molecule has 1 aromatic carbocycles. The monoisotopic (exact) mass is 310 g/mol. The third-order valence-electron chi connectivity index (χ3n) is 2.72. The van der Waals surface area contributed by atoms with Crippen molar-refractivity contribution in [2.75, 3.05) is 12.4 Å². The number of nitrogens with zero attached hydrogens (tertiary/aromatic N) is 1. The van der Waals surface area contributed by atoms with Gasteiger partial charge in [0, 0.05) is 6.20 Å². The number of sulfonamides is 1. The minimum Gasteiger partial charge on any atom is -0.493 e. The molecule has 112 valence electrons. The van der Waals surface area contributed by atoms with Crippen molar-refractivity contribution in [2.45, 2.75) is 11.8 Å². The van der Waals surface area contributed by atoms with Crippen molar-refractivity contribution < 1.29 is 17.9 Å². The summed E-state index contributed by atoms with van der Waals surface area (Å²) >= 11 is 0. The van der Waals surface area contributed by atoms with E-state index in [9.17, 15) is 13.2 Å². The molecular formula is C12H14N4O4S. The van der Waals surface area contributed by atoms with Gasteiger partial charge < -0.3 is 10.1 Å². The van der Waals surface area contributed by atoms with E-state index in [-0.39, 0.29) is 16.3 Å². The molecule has 2 aromatic rings. The fourth-order valence-corrected chi connectivity index (χ4v) is 2.63. The number of ether oxygens (including phenoxy) is 1. The average Bonchev–Trinajstić information content (AvgIpc) is 2.91. The third-order valence-corrected chi connectivity index (χ3v) is 3.63. The van der Waals surface area contributed by atoms with E-state index in [2.05, 4.69) is 15.5 Å². The predicted molar refractivity (Wildman–Crippen MR) is 75.6 cm³/mol. The number of hydrogen-bond acceptors (Lipinski definition) is 5. The first-order valence-electron chi connectivity index (χ1n) is 5.84. The van der Waals surface area contributed by atoms with E-state index in [0.29, 0.717) is 11.1 Å². The van der Waals surface area contributed by atoms with Crippen LogP contribution in [0, 0.1) is 6.92 Å². The van der Waals surface area contributed by atoms with Crippen LogP contribution < -0.4 is 15.2 Å². The van der Waals surface area contributed by atoms with Crippen molar-refractivity contribution in [1.29, 1.82) is 0 Å². The number of carbonyl (C=O) groups is 1. The molecule has 0 aliphatic carbocycles. The lowest BCUT2D eigenvalue weighted by Gasteiger charge is -2.14. The van der Waals surface area contributed by atoms with Gasteiger partial charge in [0.15, 0.2) is 5.75 Å². The Labute approximate surface area is 121 Å². The normalized spacial score (nSPS) is 11.2.